The van der Waals surface area contributed by atoms with Gasteiger partial charge in [-0.15, -0.1) is 13.2 Å². The Morgan fingerprint density at radius 2 is 1.76 bits per heavy atom. The number of amides is 3. The highest BCUT2D eigenvalue weighted by atomic mass is 19.4. The Morgan fingerprint density at radius 3 is 2.41 bits per heavy atom. The number of benzene rings is 2. The van der Waals surface area contributed by atoms with E-state index in [1.807, 2.05) is 0 Å². The van der Waals surface area contributed by atoms with Crippen LogP contribution >= 0.6 is 0 Å². The predicted molar refractivity (Wildman–Crippen MR) is 114 cm³/mol. The summed E-state index contributed by atoms with van der Waals surface area (Å²) in [5.74, 6) is -0.925. The standard InChI is InChI=1S/C23H22F3N3O5/c1-27(2)20(30)13-28-12-14-3-4-15(11-18(14)21(28)31)29-10-9-19(22(29)32)33-16-5-7-17(8-6-16)34-23(24,25)26/h3-8,11,19H,9-10,12-13H2,1-2H3. The highest BCUT2D eigenvalue weighted by Gasteiger charge is 2.36. The van der Waals surface area contributed by atoms with Crippen LogP contribution in [0.2, 0.25) is 0 Å². The number of halogens is 3. The first kappa shape index (κ1) is 23.4. The van der Waals surface area contributed by atoms with Gasteiger partial charge in [0.05, 0.1) is 0 Å². The summed E-state index contributed by atoms with van der Waals surface area (Å²) in [6.45, 7) is 0.650. The molecule has 34 heavy (non-hydrogen) atoms. The number of hydrogen-bond donors (Lipinski definition) is 0. The van der Waals surface area contributed by atoms with Crippen molar-refractivity contribution in [2.24, 2.45) is 0 Å². The molecule has 8 nitrogen and oxygen atoms in total. The van der Waals surface area contributed by atoms with Crippen molar-refractivity contribution in [1.29, 1.82) is 0 Å². The van der Waals surface area contributed by atoms with E-state index in [1.165, 1.54) is 26.8 Å². The van der Waals surface area contributed by atoms with E-state index in [0.717, 1.165) is 17.7 Å². The van der Waals surface area contributed by atoms with Crippen LogP contribution in [0.1, 0.15) is 22.3 Å². The molecule has 1 fully saturated rings. The Morgan fingerprint density at radius 1 is 1.09 bits per heavy atom. The van der Waals surface area contributed by atoms with Gasteiger partial charge in [-0.2, -0.15) is 0 Å². The molecule has 11 heteroatoms. The summed E-state index contributed by atoms with van der Waals surface area (Å²) < 4.78 is 46.4. The van der Waals surface area contributed by atoms with Crippen molar-refractivity contribution < 1.29 is 37.0 Å². The van der Waals surface area contributed by atoms with Crippen LogP contribution in [0.4, 0.5) is 18.9 Å². The molecule has 0 aliphatic carbocycles. The van der Waals surface area contributed by atoms with Crippen molar-refractivity contribution in [3.8, 4) is 11.5 Å². The lowest BCUT2D eigenvalue weighted by atomic mass is 10.1. The average Bonchev–Trinajstić information content (AvgIpc) is 3.28. The number of carbonyl (C=O) groups is 3. The first-order valence-corrected chi connectivity index (χ1v) is 10.5. The first-order valence-electron chi connectivity index (χ1n) is 10.5. The fourth-order valence-electron chi connectivity index (χ4n) is 3.85. The van der Waals surface area contributed by atoms with Crippen LogP contribution < -0.4 is 14.4 Å². The molecule has 0 N–H and O–H groups in total. The third-order valence-electron chi connectivity index (χ3n) is 5.60. The molecule has 0 spiro atoms. The van der Waals surface area contributed by atoms with Gasteiger partial charge in [0.1, 0.15) is 18.0 Å². The molecule has 0 aromatic heterocycles. The normalized spacial score (nSPS) is 17.7. The molecule has 0 radical (unpaired) electrons. The molecule has 2 aliphatic rings. The lowest BCUT2D eigenvalue weighted by Gasteiger charge is -2.18. The van der Waals surface area contributed by atoms with Crippen LogP contribution in [0.15, 0.2) is 42.5 Å². The minimum atomic E-state index is -4.79. The van der Waals surface area contributed by atoms with Gasteiger partial charge in [-0.25, -0.2) is 0 Å². The van der Waals surface area contributed by atoms with Crippen LogP contribution in [0.5, 0.6) is 11.5 Å². The van der Waals surface area contributed by atoms with Gasteiger partial charge in [0.15, 0.2) is 6.10 Å². The molecule has 1 atom stereocenters. The van der Waals surface area contributed by atoms with Crippen molar-refractivity contribution in [2.45, 2.75) is 25.4 Å². The topological polar surface area (TPSA) is 79.4 Å². The van der Waals surface area contributed by atoms with E-state index in [1.54, 1.807) is 32.3 Å². The van der Waals surface area contributed by atoms with Crippen molar-refractivity contribution >= 4 is 23.4 Å². The van der Waals surface area contributed by atoms with Gasteiger partial charge in [-0.1, -0.05) is 6.07 Å². The number of hydrogen-bond acceptors (Lipinski definition) is 5. The lowest BCUT2D eigenvalue weighted by Crippen LogP contribution is -2.36. The molecule has 1 saturated heterocycles. The van der Waals surface area contributed by atoms with Gasteiger partial charge in [-0.05, 0) is 42.0 Å². The largest absolute Gasteiger partial charge is 0.573 e. The highest BCUT2D eigenvalue weighted by Crippen LogP contribution is 2.31. The molecular weight excluding hydrogens is 455 g/mol. The number of fused-ring (bicyclic) bond motifs is 1. The molecule has 4 rings (SSSR count). The van der Waals surface area contributed by atoms with Gasteiger partial charge in [0.25, 0.3) is 11.8 Å². The zero-order chi connectivity index (χ0) is 24.6. The molecular formula is C23H22F3N3O5. The van der Waals surface area contributed by atoms with Gasteiger partial charge in [-0.3, -0.25) is 14.4 Å². The van der Waals surface area contributed by atoms with Crippen molar-refractivity contribution in [3.05, 3.63) is 53.6 Å². The SMILES string of the molecule is CN(C)C(=O)CN1Cc2ccc(N3CCC(Oc4ccc(OC(F)(F)F)cc4)C3=O)cc2C1=O. The van der Waals surface area contributed by atoms with E-state index in [4.69, 9.17) is 4.74 Å². The van der Waals surface area contributed by atoms with Crippen LogP contribution in [-0.4, -0.2) is 67.2 Å². The summed E-state index contributed by atoms with van der Waals surface area (Å²) in [5.41, 5.74) is 1.76. The second-order valence-corrected chi connectivity index (χ2v) is 8.20. The Bertz CT molecular complexity index is 1120. The fourth-order valence-corrected chi connectivity index (χ4v) is 3.85. The average molecular weight is 477 g/mol. The van der Waals surface area contributed by atoms with Crippen molar-refractivity contribution in [2.75, 3.05) is 32.1 Å². The number of alkyl halides is 3. The second-order valence-electron chi connectivity index (χ2n) is 8.20. The Hall–Kier alpha value is -3.76. The number of rotatable bonds is 6. The summed E-state index contributed by atoms with van der Waals surface area (Å²) in [5, 5.41) is 0. The number of ether oxygens (including phenoxy) is 2. The van der Waals surface area contributed by atoms with E-state index in [0.29, 0.717) is 30.8 Å². The summed E-state index contributed by atoms with van der Waals surface area (Å²) in [7, 11) is 3.24. The van der Waals surface area contributed by atoms with E-state index < -0.39 is 12.5 Å². The fraction of sp³-hybridized carbons (Fsp3) is 0.348. The third-order valence-corrected chi connectivity index (χ3v) is 5.60. The van der Waals surface area contributed by atoms with Crippen molar-refractivity contribution in [3.63, 3.8) is 0 Å². The van der Waals surface area contributed by atoms with Crippen molar-refractivity contribution in [1.82, 2.24) is 9.80 Å². The Labute approximate surface area is 193 Å². The third kappa shape index (κ3) is 4.92. The van der Waals surface area contributed by atoms with E-state index in [9.17, 15) is 27.6 Å². The van der Waals surface area contributed by atoms with Crippen LogP contribution in [0, 0.1) is 0 Å². The molecule has 2 aromatic rings. The smallest absolute Gasteiger partial charge is 0.481 e. The lowest BCUT2D eigenvalue weighted by molar-refractivity contribution is -0.274. The minimum Gasteiger partial charge on any atom is -0.481 e. The van der Waals surface area contributed by atoms with Gasteiger partial charge >= 0.3 is 6.36 Å². The summed E-state index contributed by atoms with van der Waals surface area (Å²) in [6, 6.07) is 9.97. The van der Waals surface area contributed by atoms with Gasteiger partial charge in [0, 0.05) is 44.9 Å². The molecule has 2 aromatic carbocycles. The van der Waals surface area contributed by atoms with E-state index in [2.05, 4.69) is 4.74 Å². The monoisotopic (exact) mass is 477 g/mol. The Balaban J connectivity index is 1.41. The Kier molecular flexibility index (Phi) is 6.11. The molecule has 180 valence electrons. The van der Waals surface area contributed by atoms with E-state index in [-0.39, 0.29) is 35.8 Å². The molecule has 2 aliphatic heterocycles. The van der Waals surface area contributed by atoms with Crippen LogP contribution in [-0.2, 0) is 16.1 Å². The second kappa shape index (κ2) is 8.88. The summed E-state index contributed by atoms with van der Waals surface area (Å²) in [4.78, 5) is 42.1. The number of nitrogens with zero attached hydrogens (tertiary/aromatic N) is 3. The predicted octanol–water partition coefficient (Wildman–Crippen LogP) is 2.81. The minimum absolute atomic E-state index is 0.0266. The molecule has 1 unspecified atom stereocenters. The van der Waals surface area contributed by atoms with Gasteiger partial charge in [0.2, 0.25) is 5.91 Å². The maximum absolute atomic E-state index is 12.9. The molecule has 0 bridgehead atoms. The molecule has 3 amide bonds. The zero-order valence-corrected chi connectivity index (χ0v) is 18.5. The highest BCUT2D eigenvalue weighted by molar-refractivity contribution is 6.03. The van der Waals surface area contributed by atoms with Crippen LogP contribution in [0.25, 0.3) is 0 Å². The van der Waals surface area contributed by atoms with Gasteiger partial charge < -0.3 is 24.2 Å². The number of likely N-dealkylation sites (N-methyl/N-ethyl adjacent to an activating group) is 1. The quantitative estimate of drug-likeness (QED) is 0.640. The summed E-state index contributed by atoms with van der Waals surface area (Å²) >= 11 is 0. The number of carbonyl (C=O) groups excluding carboxylic acids is 3. The number of anilines is 1. The van der Waals surface area contributed by atoms with Crippen LogP contribution in [0.3, 0.4) is 0 Å². The molecule has 0 saturated carbocycles. The summed E-state index contributed by atoms with van der Waals surface area (Å²) in [6.07, 6.45) is -5.23. The zero-order valence-electron chi connectivity index (χ0n) is 18.5. The maximum atomic E-state index is 12.9. The first-order chi connectivity index (χ1) is 16.0. The maximum Gasteiger partial charge on any atom is 0.573 e. The molecule has 2 heterocycles. The van der Waals surface area contributed by atoms with E-state index >= 15 is 0 Å².